The second-order valence-electron chi connectivity index (χ2n) is 3.99. The predicted octanol–water partition coefficient (Wildman–Crippen LogP) is -0.612. The lowest BCUT2D eigenvalue weighted by Crippen LogP contribution is -3.10. The average molecular weight is 154 g/mol. The maximum Gasteiger partial charge on any atom is 0.0660 e. The molecule has 1 heterocycles. The highest BCUT2D eigenvalue weighted by Gasteiger charge is 2.25. The Morgan fingerprint density at radius 2 is 1.91 bits per heavy atom. The van der Waals surface area contributed by atoms with E-state index in [4.69, 9.17) is 0 Å². The van der Waals surface area contributed by atoms with Gasteiger partial charge in [0.05, 0.1) is 13.1 Å². The Bertz CT molecular complexity index is 124. The fourth-order valence-corrected chi connectivity index (χ4v) is 1.72. The van der Waals surface area contributed by atoms with Gasteiger partial charge in [-0.15, -0.1) is 0 Å². The molecule has 2 fully saturated rings. The summed E-state index contributed by atoms with van der Waals surface area (Å²) >= 11 is 0. The minimum atomic E-state index is 1.06. The van der Waals surface area contributed by atoms with Crippen LogP contribution < -0.4 is 4.90 Å². The van der Waals surface area contributed by atoms with E-state index < -0.39 is 0 Å². The van der Waals surface area contributed by atoms with E-state index in [9.17, 15) is 0 Å². The Hall–Kier alpha value is -0.0800. The normalized spacial score (nSPS) is 29.2. The molecule has 0 spiro atoms. The molecule has 2 aliphatic rings. The molecule has 0 aromatic heterocycles. The van der Waals surface area contributed by atoms with Crippen molar-refractivity contribution < 1.29 is 4.90 Å². The standard InChI is InChI=1S/C9H18N2/c1-10-4-6-11(7-5-10)8-9-2-3-9/h9-10H,1-8H2. The SMILES string of the molecule is [CH2-][NH+]1CCN(CC2CC2)CC1. The van der Waals surface area contributed by atoms with Gasteiger partial charge in [-0.05, 0) is 18.8 Å². The molecular formula is C9H18N2. The Morgan fingerprint density at radius 3 is 2.45 bits per heavy atom. The molecule has 0 amide bonds. The summed E-state index contributed by atoms with van der Waals surface area (Å²) in [5, 5.41) is 0. The number of piperazine rings is 1. The van der Waals surface area contributed by atoms with Gasteiger partial charge in [-0.3, -0.25) is 4.90 Å². The van der Waals surface area contributed by atoms with Crippen LogP contribution in [0.1, 0.15) is 12.8 Å². The molecular weight excluding hydrogens is 136 g/mol. The molecule has 2 rings (SSSR count). The van der Waals surface area contributed by atoms with Crippen molar-refractivity contribution in [2.24, 2.45) is 5.92 Å². The summed E-state index contributed by atoms with van der Waals surface area (Å²) < 4.78 is 0. The number of nitrogens with zero attached hydrogens (tertiary/aromatic N) is 1. The first-order valence-electron chi connectivity index (χ1n) is 4.73. The molecule has 0 aromatic carbocycles. The summed E-state index contributed by atoms with van der Waals surface area (Å²) in [7, 11) is 4.02. The molecule has 0 aromatic rings. The molecule has 1 aliphatic carbocycles. The molecule has 1 saturated carbocycles. The van der Waals surface area contributed by atoms with Crippen LogP contribution in [0.25, 0.3) is 0 Å². The molecule has 64 valence electrons. The maximum absolute atomic E-state index is 4.02. The lowest BCUT2D eigenvalue weighted by Gasteiger charge is -2.33. The van der Waals surface area contributed by atoms with Crippen LogP contribution in [-0.2, 0) is 0 Å². The molecule has 1 saturated heterocycles. The number of rotatable bonds is 2. The summed E-state index contributed by atoms with van der Waals surface area (Å²) in [5.74, 6) is 1.06. The van der Waals surface area contributed by atoms with Crippen molar-refractivity contribution in [2.45, 2.75) is 12.8 Å². The van der Waals surface area contributed by atoms with Crippen molar-refractivity contribution in [3.63, 3.8) is 0 Å². The zero-order valence-electron chi connectivity index (χ0n) is 7.18. The van der Waals surface area contributed by atoms with Crippen LogP contribution >= 0.6 is 0 Å². The van der Waals surface area contributed by atoms with Gasteiger partial charge in [0.1, 0.15) is 0 Å². The minimum absolute atomic E-state index is 1.06. The van der Waals surface area contributed by atoms with Gasteiger partial charge in [0.15, 0.2) is 0 Å². The van der Waals surface area contributed by atoms with Crippen LogP contribution in [0.5, 0.6) is 0 Å². The van der Waals surface area contributed by atoms with Crippen molar-refractivity contribution >= 4 is 0 Å². The number of hydrogen-bond donors (Lipinski definition) is 1. The van der Waals surface area contributed by atoms with Gasteiger partial charge >= 0.3 is 0 Å². The van der Waals surface area contributed by atoms with Crippen LogP contribution in [0.4, 0.5) is 0 Å². The second kappa shape index (κ2) is 3.11. The van der Waals surface area contributed by atoms with Crippen molar-refractivity contribution in [2.75, 3.05) is 32.7 Å². The van der Waals surface area contributed by atoms with Crippen molar-refractivity contribution in [3.05, 3.63) is 7.05 Å². The van der Waals surface area contributed by atoms with E-state index in [1.54, 1.807) is 0 Å². The zero-order chi connectivity index (χ0) is 7.68. The maximum atomic E-state index is 4.02. The monoisotopic (exact) mass is 154 g/mol. The van der Waals surface area contributed by atoms with Crippen molar-refractivity contribution in [3.8, 4) is 0 Å². The third kappa shape index (κ3) is 2.17. The summed E-state index contributed by atoms with van der Waals surface area (Å²) in [5.41, 5.74) is 0. The Morgan fingerprint density at radius 1 is 1.27 bits per heavy atom. The summed E-state index contributed by atoms with van der Waals surface area (Å²) in [6, 6.07) is 0. The molecule has 2 heteroatoms. The molecule has 0 unspecified atom stereocenters. The van der Waals surface area contributed by atoms with E-state index in [0.717, 1.165) is 5.92 Å². The Labute approximate surface area is 69.2 Å². The van der Waals surface area contributed by atoms with Gasteiger partial charge in [-0.1, -0.05) is 0 Å². The average Bonchev–Trinajstić information content (AvgIpc) is 2.78. The highest BCUT2D eigenvalue weighted by molar-refractivity contribution is 4.77. The van der Waals surface area contributed by atoms with Crippen LogP contribution in [-0.4, -0.2) is 37.6 Å². The first-order chi connectivity index (χ1) is 5.34. The van der Waals surface area contributed by atoms with E-state index in [0.29, 0.717) is 0 Å². The van der Waals surface area contributed by atoms with E-state index in [1.165, 1.54) is 50.5 Å². The minimum Gasteiger partial charge on any atom is -0.466 e. The van der Waals surface area contributed by atoms with Gasteiger partial charge < -0.3 is 4.90 Å². The highest BCUT2D eigenvalue weighted by atomic mass is 15.2. The molecule has 0 atom stereocenters. The van der Waals surface area contributed by atoms with Gasteiger partial charge in [0.2, 0.25) is 0 Å². The summed E-state index contributed by atoms with van der Waals surface area (Å²) in [6.07, 6.45) is 2.97. The Kier molecular flexibility index (Phi) is 2.14. The largest absolute Gasteiger partial charge is 0.466 e. The van der Waals surface area contributed by atoms with Crippen LogP contribution in [0.3, 0.4) is 0 Å². The lowest BCUT2D eigenvalue weighted by molar-refractivity contribution is -0.858. The third-order valence-electron chi connectivity index (χ3n) is 2.78. The molecule has 0 radical (unpaired) electrons. The molecule has 0 bridgehead atoms. The zero-order valence-corrected chi connectivity index (χ0v) is 7.18. The van der Waals surface area contributed by atoms with Crippen molar-refractivity contribution in [1.82, 2.24) is 4.90 Å². The van der Waals surface area contributed by atoms with Gasteiger partial charge in [0, 0.05) is 19.6 Å². The molecule has 11 heavy (non-hydrogen) atoms. The quantitative estimate of drug-likeness (QED) is 0.521. The fourth-order valence-electron chi connectivity index (χ4n) is 1.72. The van der Waals surface area contributed by atoms with E-state index in [1.807, 2.05) is 0 Å². The predicted molar refractivity (Wildman–Crippen MR) is 45.2 cm³/mol. The van der Waals surface area contributed by atoms with E-state index in [-0.39, 0.29) is 0 Å². The highest BCUT2D eigenvalue weighted by Crippen LogP contribution is 2.29. The first kappa shape index (κ1) is 7.56. The number of nitrogens with one attached hydrogen (secondary N) is 1. The fraction of sp³-hybridized carbons (Fsp3) is 0.889. The Balaban J connectivity index is 1.69. The molecule has 2 nitrogen and oxygen atoms in total. The topological polar surface area (TPSA) is 7.68 Å². The number of hydrogen-bond acceptors (Lipinski definition) is 1. The second-order valence-corrected chi connectivity index (χ2v) is 3.99. The lowest BCUT2D eigenvalue weighted by atomic mass is 10.3. The first-order valence-corrected chi connectivity index (χ1v) is 4.73. The molecule has 1 aliphatic heterocycles. The third-order valence-corrected chi connectivity index (χ3v) is 2.78. The van der Waals surface area contributed by atoms with Crippen LogP contribution in [0.2, 0.25) is 0 Å². The van der Waals surface area contributed by atoms with E-state index in [2.05, 4.69) is 11.9 Å². The van der Waals surface area contributed by atoms with Gasteiger partial charge in [-0.25, -0.2) is 0 Å². The van der Waals surface area contributed by atoms with Gasteiger partial charge in [0.25, 0.3) is 0 Å². The number of quaternary nitrogens is 1. The summed E-state index contributed by atoms with van der Waals surface area (Å²) in [4.78, 5) is 4.06. The van der Waals surface area contributed by atoms with Crippen LogP contribution in [0.15, 0.2) is 0 Å². The van der Waals surface area contributed by atoms with Crippen LogP contribution in [0, 0.1) is 13.0 Å². The summed E-state index contributed by atoms with van der Waals surface area (Å²) in [6.45, 7) is 6.40. The van der Waals surface area contributed by atoms with Gasteiger partial charge in [-0.2, -0.15) is 7.05 Å². The van der Waals surface area contributed by atoms with Crippen molar-refractivity contribution in [1.29, 1.82) is 0 Å². The smallest absolute Gasteiger partial charge is 0.0660 e. The molecule has 1 N–H and O–H groups in total. The van der Waals surface area contributed by atoms with E-state index >= 15 is 0 Å².